The number of carbonyl (C=O) groups is 2. The lowest BCUT2D eigenvalue weighted by Gasteiger charge is -2.07. The van der Waals surface area contributed by atoms with E-state index in [-0.39, 0.29) is 11.4 Å². The lowest BCUT2D eigenvalue weighted by Crippen LogP contribution is -2.13. The number of methoxy groups -OCH3 is 2. The Labute approximate surface area is 137 Å². The fraction of sp³-hybridized carbons (Fsp3) is 0.125. The summed E-state index contributed by atoms with van der Waals surface area (Å²) in [5.74, 6) is -0.713. The number of nitrogens with one attached hydrogen (secondary N) is 1. The van der Waals surface area contributed by atoms with Crippen LogP contribution < -0.4 is 14.8 Å². The molecule has 1 aromatic carbocycles. The summed E-state index contributed by atoms with van der Waals surface area (Å²) < 4.78 is 10.3. The Balaban J connectivity index is 2.13. The molecule has 0 aliphatic carbocycles. The summed E-state index contributed by atoms with van der Waals surface area (Å²) in [5.41, 5.74) is 0.523. The predicted octanol–water partition coefficient (Wildman–Crippen LogP) is 1.84. The zero-order chi connectivity index (χ0) is 17.5. The second-order valence-corrected chi connectivity index (χ2v) is 4.53. The second kappa shape index (κ2) is 7.73. The van der Waals surface area contributed by atoms with Gasteiger partial charge in [-0.15, -0.1) is 0 Å². The fourth-order valence-electron chi connectivity index (χ4n) is 1.87. The molecule has 0 atom stereocenters. The van der Waals surface area contributed by atoms with Gasteiger partial charge in [-0.05, 0) is 23.8 Å². The summed E-state index contributed by atoms with van der Waals surface area (Å²) in [5, 5.41) is 11.4. The SMILES string of the molecule is COc1ccc(/C=C/C(=O)Nc2ncncc2C(=O)O)cc1OC. The molecule has 124 valence electrons. The fourth-order valence-corrected chi connectivity index (χ4v) is 1.87. The average Bonchev–Trinajstić information content (AvgIpc) is 2.59. The molecule has 0 aliphatic heterocycles. The van der Waals surface area contributed by atoms with Crippen molar-refractivity contribution in [3.8, 4) is 11.5 Å². The van der Waals surface area contributed by atoms with Crippen LogP contribution in [0.15, 0.2) is 36.8 Å². The van der Waals surface area contributed by atoms with Gasteiger partial charge in [0.15, 0.2) is 17.3 Å². The van der Waals surface area contributed by atoms with Gasteiger partial charge in [0.05, 0.1) is 14.2 Å². The summed E-state index contributed by atoms with van der Waals surface area (Å²) in [6, 6.07) is 5.16. The summed E-state index contributed by atoms with van der Waals surface area (Å²) in [4.78, 5) is 30.3. The predicted molar refractivity (Wildman–Crippen MR) is 86.2 cm³/mol. The number of rotatable bonds is 6. The summed E-state index contributed by atoms with van der Waals surface area (Å²) in [6.45, 7) is 0. The molecule has 0 bridgehead atoms. The van der Waals surface area contributed by atoms with Crippen molar-refractivity contribution in [1.29, 1.82) is 0 Å². The highest BCUT2D eigenvalue weighted by Gasteiger charge is 2.12. The quantitative estimate of drug-likeness (QED) is 0.778. The number of carbonyl (C=O) groups excluding carboxylic acids is 1. The highest BCUT2D eigenvalue weighted by Crippen LogP contribution is 2.27. The van der Waals surface area contributed by atoms with Crippen LogP contribution >= 0.6 is 0 Å². The van der Waals surface area contributed by atoms with Crippen LogP contribution in [0.3, 0.4) is 0 Å². The van der Waals surface area contributed by atoms with Crippen molar-refractivity contribution in [2.24, 2.45) is 0 Å². The number of aromatic nitrogens is 2. The minimum Gasteiger partial charge on any atom is -0.493 e. The number of aromatic carboxylic acids is 1. The first kappa shape index (κ1) is 16.9. The van der Waals surface area contributed by atoms with Crippen molar-refractivity contribution < 1.29 is 24.2 Å². The minimum absolute atomic E-state index is 0.0699. The summed E-state index contributed by atoms with van der Waals surface area (Å²) in [7, 11) is 3.04. The van der Waals surface area contributed by atoms with Gasteiger partial charge in [0.2, 0.25) is 5.91 Å². The molecule has 0 aliphatic rings. The molecule has 0 spiro atoms. The summed E-state index contributed by atoms with van der Waals surface area (Å²) >= 11 is 0. The zero-order valence-corrected chi connectivity index (χ0v) is 13.0. The first-order chi connectivity index (χ1) is 11.5. The molecule has 8 nitrogen and oxygen atoms in total. The van der Waals surface area contributed by atoms with E-state index < -0.39 is 11.9 Å². The van der Waals surface area contributed by atoms with Crippen molar-refractivity contribution in [1.82, 2.24) is 9.97 Å². The van der Waals surface area contributed by atoms with E-state index in [4.69, 9.17) is 14.6 Å². The van der Waals surface area contributed by atoms with Crippen LogP contribution in [0.1, 0.15) is 15.9 Å². The number of hydrogen-bond donors (Lipinski definition) is 2. The molecular formula is C16H15N3O5. The van der Waals surface area contributed by atoms with Crippen LogP contribution in [0.4, 0.5) is 5.82 Å². The smallest absolute Gasteiger partial charge is 0.341 e. The van der Waals surface area contributed by atoms with E-state index in [0.717, 1.165) is 12.5 Å². The second-order valence-electron chi connectivity index (χ2n) is 4.53. The van der Waals surface area contributed by atoms with Crippen molar-refractivity contribution in [3.63, 3.8) is 0 Å². The molecule has 2 rings (SSSR count). The van der Waals surface area contributed by atoms with Crippen molar-refractivity contribution in [2.45, 2.75) is 0 Å². The van der Waals surface area contributed by atoms with Crippen molar-refractivity contribution in [2.75, 3.05) is 19.5 Å². The van der Waals surface area contributed by atoms with Gasteiger partial charge in [0, 0.05) is 12.3 Å². The zero-order valence-electron chi connectivity index (χ0n) is 13.0. The average molecular weight is 329 g/mol. The monoisotopic (exact) mass is 329 g/mol. The number of benzene rings is 1. The van der Waals surface area contributed by atoms with Crippen LogP contribution in [0.2, 0.25) is 0 Å². The van der Waals surface area contributed by atoms with E-state index in [0.29, 0.717) is 17.1 Å². The van der Waals surface area contributed by atoms with E-state index in [1.54, 1.807) is 24.3 Å². The minimum atomic E-state index is -1.23. The Bertz CT molecular complexity index is 789. The molecule has 8 heteroatoms. The third-order valence-electron chi connectivity index (χ3n) is 3.02. The Hall–Kier alpha value is -3.42. The van der Waals surface area contributed by atoms with Crippen LogP contribution in [0.25, 0.3) is 6.08 Å². The standard InChI is InChI=1S/C16H15N3O5/c1-23-12-5-3-10(7-13(12)24-2)4-6-14(20)19-15-11(16(21)22)8-17-9-18-15/h3-9H,1-2H3,(H,21,22)(H,17,18,19,20)/b6-4+. The van der Waals surface area contributed by atoms with Gasteiger partial charge >= 0.3 is 5.97 Å². The van der Waals surface area contributed by atoms with E-state index in [9.17, 15) is 9.59 Å². The Kier molecular flexibility index (Phi) is 5.45. The first-order valence-corrected chi connectivity index (χ1v) is 6.79. The molecule has 1 amide bonds. The molecule has 1 aromatic heterocycles. The maximum absolute atomic E-state index is 11.9. The Morgan fingerprint density at radius 1 is 1.21 bits per heavy atom. The van der Waals surface area contributed by atoms with E-state index in [2.05, 4.69) is 15.3 Å². The number of hydrogen-bond acceptors (Lipinski definition) is 6. The van der Waals surface area contributed by atoms with Crippen LogP contribution in [0, 0.1) is 0 Å². The van der Waals surface area contributed by atoms with Gasteiger partial charge in [-0.1, -0.05) is 6.07 Å². The molecule has 2 aromatic rings. The van der Waals surface area contributed by atoms with Gasteiger partial charge in [-0.3, -0.25) is 4.79 Å². The summed E-state index contributed by atoms with van der Waals surface area (Å²) in [6.07, 6.45) is 5.08. The van der Waals surface area contributed by atoms with Gasteiger partial charge in [0.25, 0.3) is 0 Å². The highest BCUT2D eigenvalue weighted by atomic mass is 16.5. The molecule has 24 heavy (non-hydrogen) atoms. The Morgan fingerprint density at radius 3 is 2.62 bits per heavy atom. The number of carboxylic acids is 1. The number of ether oxygens (including phenoxy) is 2. The van der Waals surface area contributed by atoms with Gasteiger partial charge < -0.3 is 19.9 Å². The molecule has 0 saturated heterocycles. The van der Waals surface area contributed by atoms with E-state index >= 15 is 0 Å². The maximum Gasteiger partial charge on any atom is 0.341 e. The first-order valence-electron chi connectivity index (χ1n) is 6.79. The molecule has 0 saturated carbocycles. The lowest BCUT2D eigenvalue weighted by molar-refractivity contribution is -0.111. The number of nitrogens with zero attached hydrogens (tertiary/aromatic N) is 2. The van der Waals surface area contributed by atoms with Gasteiger partial charge in [0.1, 0.15) is 11.9 Å². The number of anilines is 1. The van der Waals surface area contributed by atoms with Crippen LogP contribution in [-0.2, 0) is 4.79 Å². The molecular weight excluding hydrogens is 314 g/mol. The maximum atomic E-state index is 11.9. The van der Waals surface area contributed by atoms with E-state index in [1.165, 1.54) is 20.3 Å². The normalized spacial score (nSPS) is 10.4. The largest absolute Gasteiger partial charge is 0.493 e. The number of amides is 1. The van der Waals surface area contributed by atoms with Crippen molar-refractivity contribution in [3.05, 3.63) is 47.9 Å². The highest BCUT2D eigenvalue weighted by molar-refractivity contribution is 6.05. The third kappa shape index (κ3) is 4.07. The van der Waals surface area contributed by atoms with Gasteiger partial charge in [-0.2, -0.15) is 0 Å². The van der Waals surface area contributed by atoms with Crippen molar-refractivity contribution >= 4 is 23.8 Å². The van der Waals surface area contributed by atoms with Crippen LogP contribution in [-0.4, -0.2) is 41.2 Å². The van der Waals surface area contributed by atoms with Crippen LogP contribution in [0.5, 0.6) is 11.5 Å². The molecule has 1 heterocycles. The lowest BCUT2D eigenvalue weighted by atomic mass is 10.2. The van der Waals surface area contributed by atoms with Gasteiger partial charge in [-0.25, -0.2) is 14.8 Å². The molecule has 0 unspecified atom stereocenters. The van der Waals surface area contributed by atoms with E-state index in [1.807, 2.05) is 0 Å². The molecule has 2 N–H and O–H groups in total. The molecule has 0 radical (unpaired) electrons. The molecule has 0 fully saturated rings. The third-order valence-corrected chi connectivity index (χ3v) is 3.02. The number of carboxylic acid groups (broad SMARTS) is 1. The topological polar surface area (TPSA) is 111 Å². The Morgan fingerprint density at radius 2 is 1.96 bits per heavy atom.